The summed E-state index contributed by atoms with van der Waals surface area (Å²) in [6.07, 6.45) is 17.5. The number of hydrogen-bond donors (Lipinski definition) is 2. The summed E-state index contributed by atoms with van der Waals surface area (Å²) in [5.41, 5.74) is 11.5. The van der Waals surface area contributed by atoms with Crippen LogP contribution < -0.4 is 11.5 Å². The monoisotopic (exact) mass is 373 g/mol. The van der Waals surface area contributed by atoms with Crippen LogP contribution in [-0.4, -0.2) is 24.5 Å². The highest BCUT2D eigenvalue weighted by molar-refractivity contribution is 5.27. The Morgan fingerprint density at radius 1 is 0.852 bits per heavy atom. The Bertz CT molecular complexity index is 648. The molecule has 1 unspecified atom stereocenters. The Morgan fingerprint density at radius 2 is 1.44 bits per heavy atom. The first kappa shape index (κ1) is 21.1. The van der Waals surface area contributed by atoms with E-state index in [2.05, 4.69) is 38.4 Å². The first-order valence-corrected chi connectivity index (χ1v) is 10.4. The van der Waals surface area contributed by atoms with Crippen LogP contribution in [0.1, 0.15) is 95.7 Å². The van der Waals surface area contributed by atoms with Gasteiger partial charge in [-0.1, -0.05) is 65.2 Å². The van der Waals surface area contributed by atoms with Gasteiger partial charge in [0.05, 0.1) is 6.04 Å². The van der Waals surface area contributed by atoms with Crippen LogP contribution in [0.5, 0.6) is 0 Å². The lowest BCUT2D eigenvalue weighted by molar-refractivity contribution is 0.502. The zero-order chi connectivity index (χ0) is 19.5. The molecule has 0 aliphatic heterocycles. The molecular weight excluding hydrogens is 338 g/mol. The standard InChI is InChI=1S/C20H35N7/c1-3-5-6-7-8-9-10-11-12-13-17-23-14-15-27(17)16(4-2)18-24-19(21)26-20(22)25-18/h14-16H,3-13H2,1-2H3,(H4,21,22,24,25,26). The van der Waals surface area contributed by atoms with Crippen molar-refractivity contribution in [1.29, 1.82) is 0 Å². The number of nitrogens with zero attached hydrogens (tertiary/aromatic N) is 5. The van der Waals surface area contributed by atoms with E-state index >= 15 is 0 Å². The minimum absolute atomic E-state index is 0.0198. The lowest BCUT2D eigenvalue weighted by Crippen LogP contribution is -2.18. The van der Waals surface area contributed by atoms with Gasteiger partial charge in [0.2, 0.25) is 11.9 Å². The first-order valence-electron chi connectivity index (χ1n) is 10.4. The molecule has 0 amide bonds. The SMILES string of the molecule is CCCCCCCCCCCc1nccn1C(CC)c1nc(N)nc(N)n1. The maximum absolute atomic E-state index is 5.74. The molecule has 0 bridgehead atoms. The molecule has 2 rings (SSSR count). The second kappa shape index (κ2) is 11.5. The van der Waals surface area contributed by atoms with Crippen LogP contribution in [-0.2, 0) is 6.42 Å². The van der Waals surface area contributed by atoms with Gasteiger partial charge in [0.15, 0.2) is 5.82 Å². The van der Waals surface area contributed by atoms with E-state index in [1.807, 2.05) is 12.4 Å². The lowest BCUT2D eigenvalue weighted by atomic mass is 10.1. The average molecular weight is 374 g/mol. The van der Waals surface area contributed by atoms with Crippen LogP contribution in [0.25, 0.3) is 0 Å². The highest BCUT2D eigenvalue weighted by atomic mass is 15.2. The molecule has 4 N–H and O–H groups in total. The Kier molecular flexibility index (Phi) is 9.01. The van der Waals surface area contributed by atoms with E-state index in [0.29, 0.717) is 5.82 Å². The summed E-state index contributed by atoms with van der Waals surface area (Å²) in [4.78, 5) is 17.0. The van der Waals surface area contributed by atoms with E-state index in [4.69, 9.17) is 11.5 Å². The third kappa shape index (κ3) is 6.81. The number of unbranched alkanes of at least 4 members (excludes halogenated alkanes) is 8. The third-order valence-corrected chi connectivity index (χ3v) is 4.96. The van der Waals surface area contributed by atoms with Crippen molar-refractivity contribution in [2.75, 3.05) is 11.5 Å². The molecule has 2 aromatic heterocycles. The van der Waals surface area contributed by atoms with Gasteiger partial charge in [0.1, 0.15) is 5.82 Å². The molecule has 0 radical (unpaired) electrons. The van der Waals surface area contributed by atoms with Gasteiger partial charge < -0.3 is 16.0 Å². The summed E-state index contributed by atoms with van der Waals surface area (Å²) >= 11 is 0. The summed E-state index contributed by atoms with van der Waals surface area (Å²) in [5.74, 6) is 2.00. The summed E-state index contributed by atoms with van der Waals surface area (Å²) in [6, 6.07) is -0.0198. The van der Waals surface area contributed by atoms with E-state index in [-0.39, 0.29) is 17.9 Å². The van der Waals surface area contributed by atoms with Crippen LogP contribution >= 0.6 is 0 Å². The maximum Gasteiger partial charge on any atom is 0.225 e. The van der Waals surface area contributed by atoms with Crippen molar-refractivity contribution in [3.05, 3.63) is 24.0 Å². The molecular formula is C20H35N7. The fourth-order valence-electron chi connectivity index (χ4n) is 3.49. The van der Waals surface area contributed by atoms with Gasteiger partial charge in [-0.3, -0.25) is 0 Å². The van der Waals surface area contributed by atoms with Gasteiger partial charge in [-0.2, -0.15) is 15.0 Å². The minimum Gasteiger partial charge on any atom is -0.368 e. The molecule has 1 atom stereocenters. The van der Waals surface area contributed by atoms with Crippen LogP contribution in [0.3, 0.4) is 0 Å². The van der Waals surface area contributed by atoms with Gasteiger partial charge in [-0.05, 0) is 12.8 Å². The Morgan fingerprint density at radius 3 is 2.04 bits per heavy atom. The number of aryl methyl sites for hydroxylation is 1. The molecule has 2 aromatic rings. The molecule has 7 nitrogen and oxygen atoms in total. The van der Waals surface area contributed by atoms with E-state index < -0.39 is 0 Å². The quantitative estimate of drug-likeness (QED) is 0.507. The number of aromatic nitrogens is 5. The minimum atomic E-state index is -0.0198. The second-order valence-corrected chi connectivity index (χ2v) is 7.16. The zero-order valence-electron chi connectivity index (χ0n) is 16.9. The molecule has 0 saturated carbocycles. The number of imidazole rings is 1. The number of hydrogen-bond acceptors (Lipinski definition) is 6. The molecule has 0 aliphatic rings. The molecule has 0 saturated heterocycles. The molecule has 0 fully saturated rings. The third-order valence-electron chi connectivity index (χ3n) is 4.96. The predicted molar refractivity (Wildman–Crippen MR) is 110 cm³/mol. The average Bonchev–Trinajstić information content (AvgIpc) is 3.08. The smallest absolute Gasteiger partial charge is 0.225 e. The fraction of sp³-hybridized carbons (Fsp3) is 0.700. The van der Waals surface area contributed by atoms with Crippen molar-refractivity contribution < 1.29 is 0 Å². The van der Waals surface area contributed by atoms with E-state index in [0.717, 1.165) is 25.1 Å². The summed E-state index contributed by atoms with van der Waals surface area (Å²) in [5, 5.41) is 0. The molecule has 2 heterocycles. The molecule has 0 aliphatic carbocycles. The Balaban J connectivity index is 1.83. The molecule has 7 heteroatoms. The number of rotatable bonds is 13. The number of nitrogens with two attached hydrogens (primary N) is 2. The summed E-state index contributed by atoms with van der Waals surface area (Å²) < 4.78 is 2.15. The molecule has 0 aromatic carbocycles. The van der Waals surface area contributed by atoms with Crippen LogP contribution in [0, 0.1) is 0 Å². The van der Waals surface area contributed by atoms with Gasteiger partial charge >= 0.3 is 0 Å². The normalized spacial score (nSPS) is 12.4. The van der Waals surface area contributed by atoms with E-state index in [1.165, 1.54) is 51.4 Å². The summed E-state index contributed by atoms with van der Waals surface area (Å²) in [7, 11) is 0. The van der Waals surface area contributed by atoms with Gasteiger partial charge in [-0.25, -0.2) is 4.98 Å². The Hall–Kier alpha value is -2.18. The molecule has 0 spiro atoms. The number of anilines is 2. The lowest BCUT2D eigenvalue weighted by Gasteiger charge is -2.18. The van der Waals surface area contributed by atoms with Gasteiger partial charge in [0.25, 0.3) is 0 Å². The summed E-state index contributed by atoms with van der Waals surface area (Å²) in [6.45, 7) is 4.36. The van der Waals surface area contributed by atoms with Crippen LogP contribution in [0.4, 0.5) is 11.9 Å². The molecule has 150 valence electrons. The topological polar surface area (TPSA) is 109 Å². The van der Waals surface area contributed by atoms with Crippen LogP contribution in [0.2, 0.25) is 0 Å². The van der Waals surface area contributed by atoms with Crippen molar-refractivity contribution in [2.45, 2.75) is 90.5 Å². The van der Waals surface area contributed by atoms with Crippen molar-refractivity contribution in [1.82, 2.24) is 24.5 Å². The van der Waals surface area contributed by atoms with Crippen molar-refractivity contribution in [2.24, 2.45) is 0 Å². The predicted octanol–water partition coefficient (Wildman–Crippen LogP) is 4.31. The Labute approximate surface area is 163 Å². The highest BCUT2D eigenvalue weighted by Crippen LogP contribution is 2.22. The van der Waals surface area contributed by atoms with Gasteiger partial charge in [-0.15, -0.1) is 0 Å². The molecule has 27 heavy (non-hydrogen) atoms. The fourth-order valence-corrected chi connectivity index (χ4v) is 3.49. The zero-order valence-corrected chi connectivity index (χ0v) is 16.9. The van der Waals surface area contributed by atoms with Crippen molar-refractivity contribution in [3.63, 3.8) is 0 Å². The van der Waals surface area contributed by atoms with Crippen molar-refractivity contribution in [3.8, 4) is 0 Å². The van der Waals surface area contributed by atoms with Crippen LogP contribution in [0.15, 0.2) is 12.4 Å². The second-order valence-electron chi connectivity index (χ2n) is 7.16. The largest absolute Gasteiger partial charge is 0.368 e. The van der Waals surface area contributed by atoms with E-state index in [1.54, 1.807) is 0 Å². The van der Waals surface area contributed by atoms with Gasteiger partial charge in [0, 0.05) is 18.8 Å². The number of nitrogen functional groups attached to an aromatic ring is 2. The highest BCUT2D eigenvalue weighted by Gasteiger charge is 2.19. The maximum atomic E-state index is 5.74. The first-order chi connectivity index (χ1) is 13.2. The van der Waals surface area contributed by atoms with E-state index in [9.17, 15) is 0 Å². The van der Waals surface area contributed by atoms with Crippen molar-refractivity contribution >= 4 is 11.9 Å².